The van der Waals surface area contributed by atoms with Crippen LogP contribution in [0.25, 0.3) is 5.57 Å². The van der Waals surface area contributed by atoms with Gasteiger partial charge in [0, 0.05) is 58.8 Å². The zero-order chi connectivity index (χ0) is 23.5. The third-order valence-electron chi connectivity index (χ3n) is 5.14. The van der Waals surface area contributed by atoms with Gasteiger partial charge < -0.3 is 15.5 Å². The van der Waals surface area contributed by atoms with Crippen LogP contribution in [-0.2, 0) is 0 Å². The van der Waals surface area contributed by atoms with Crippen LogP contribution < -0.4 is 5.32 Å². The summed E-state index contributed by atoms with van der Waals surface area (Å²) in [6.07, 6.45) is 4.26. The third-order valence-corrected chi connectivity index (χ3v) is 6.25. The van der Waals surface area contributed by atoms with Crippen LogP contribution in [0.1, 0.15) is 35.1 Å². The molecule has 3 N–H and O–H groups in total. The monoisotopic (exact) mass is 497 g/mol. The largest absolute Gasteiger partial charge is 0.396 e. The van der Waals surface area contributed by atoms with Crippen LogP contribution >= 0.6 is 22.9 Å². The van der Waals surface area contributed by atoms with E-state index in [-0.39, 0.29) is 24.7 Å². The first kappa shape index (κ1) is 23.4. The lowest BCUT2D eigenvalue weighted by atomic mass is 9.89. The van der Waals surface area contributed by atoms with Gasteiger partial charge in [0.1, 0.15) is 11.9 Å². The zero-order valence-corrected chi connectivity index (χ0v) is 18.6. The van der Waals surface area contributed by atoms with Gasteiger partial charge in [0.2, 0.25) is 0 Å². The molecule has 0 spiro atoms. The Kier molecular flexibility index (Phi) is 7.13. The van der Waals surface area contributed by atoms with Crippen molar-refractivity contribution in [2.75, 3.05) is 13.2 Å². The molecule has 1 aliphatic heterocycles. The molecular formula is C21H19ClF3N5O2S. The SMILES string of the molecule is OCC(CO)CC1=C(c2cnn(C(F)F)c2)[C@H](c2ccc(F)cc2Cl)N=C(c2nccs2)N1. The highest BCUT2D eigenvalue weighted by molar-refractivity contribution is 7.11. The van der Waals surface area contributed by atoms with Crippen molar-refractivity contribution in [3.63, 3.8) is 0 Å². The summed E-state index contributed by atoms with van der Waals surface area (Å²) in [7, 11) is 0. The Hall–Kier alpha value is -2.73. The Balaban J connectivity index is 1.91. The Morgan fingerprint density at radius 1 is 1.24 bits per heavy atom. The number of nitrogens with one attached hydrogen (secondary N) is 1. The van der Waals surface area contributed by atoms with E-state index in [4.69, 9.17) is 16.6 Å². The first-order valence-electron chi connectivity index (χ1n) is 9.88. The Morgan fingerprint density at radius 3 is 2.64 bits per heavy atom. The number of benzene rings is 1. The van der Waals surface area contributed by atoms with Crippen molar-refractivity contribution in [1.29, 1.82) is 0 Å². The van der Waals surface area contributed by atoms with E-state index in [2.05, 4.69) is 15.4 Å². The standard InChI is InChI=1S/C21H19ClF3N5O2S/c22-15-6-13(23)1-2-14(15)18-17(12-7-27-30(8-12)21(24)25)16(5-11(9-31)10-32)28-19(29-18)20-26-3-4-33-20/h1-4,6-8,11,18,21,31-32H,5,9-10H2,(H,28,29)/t18-/m0/s1. The predicted molar refractivity (Wildman–Crippen MR) is 119 cm³/mol. The van der Waals surface area contributed by atoms with Gasteiger partial charge in [-0.1, -0.05) is 17.7 Å². The molecule has 1 atom stereocenters. The molecule has 33 heavy (non-hydrogen) atoms. The maximum Gasteiger partial charge on any atom is 0.333 e. The minimum atomic E-state index is -2.84. The van der Waals surface area contributed by atoms with Crippen LogP contribution in [0.15, 0.2) is 52.9 Å². The molecule has 0 unspecified atom stereocenters. The molecule has 0 aliphatic carbocycles. The lowest BCUT2D eigenvalue weighted by Gasteiger charge is -2.29. The topological polar surface area (TPSA) is 95.6 Å². The van der Waals surface area contributed by atoms with E-state index in [9.17, 15) is 23.4 Å². The van der Waals surface area contributed by atoms with E-state index in [1.807, 2.05) is 0 Å². The minimum Gasteiger partial charge on any atom is -0.396 e. The highest BCUT2D eigenvalue weighted by Crippen LogP contribution is 2.42. The summed E-state index contributed by atoms with van der Waals surface area (Å²) in [6.45, 7) is -3.43. The molecule has 1 aliphatic rings. The zero-order valence-electron chi connectivity index (χ0n) is 17.0. The molecule has 2 aromatic heterocycles. The van der Waals surface area contributed by atoms with Gasteiger partial charge in [-0.3, -0.25) is 4.99 Å². The lowest BCUT2D eigenvalue weighted by molar-refractivity contribution is 0.0566. The molecular weight excluding hydrogens is 479 g/mol. The van der Waals surface area contributed by atoms with Crippen molar-refractivity contribution >= 4 is 34.3 Å². The summed E-state index contributed by atoms with van der Waals surface area (Å²) in [5.41, 5.74) is 1.81. The van der Waals surface area contributed by atoms with Gasteiger partial charge in [-0.25, -0.2) is 14.1 Å². The number of allylic oxidation sites excluding steroid dienone is 1. The second-order valence-electron chi connectivity index (χ2n) is 7.32. The Morgan fingerprint density at radius 2 is 2.03 bits per heavy atom. The number of amidine groups is 1. The van der Waals surface area contributed by atoms with Crippen LogP contribution in [0.5, 0.6) is 0 Å². The molecule has 0 radical (unpaired) electrons. The van der Waals surface area contributed by atoms with Crippen LogP contribution in [-0.4, -0.2) is 44.0 Å². The predicted octanol–water partition coefficient (Wildman–Crippen LogP) is 4.02. The lowest BCUT2D eigenvalue weighted by Crippen LogP contribution is -2.32. The van der Waals surface area contributed by atoms with Gasteiger partial charge in [-0.05, 0) is 24.1 Å². The van der Waals surface area contributed by atoms with Crippen molar-refractivity contribution in [3.8, 4) is 0 Å². The molecule has 0 saturated carbocycles. The van der Waals surface area contributed by atoms with E-state index < -0.39 is 24.3 Å². The fourth-order valence-corrected chi connectivity index (χ4v) is 4.41. The summed E-state index contributed by atoms with van der Waals surface area (Å²) >= 11 is 7.70. The summed E-state index contributed by atoms with van der Waals surface area (Å²) in [6, 6.07) is 3.08. The molecule has 0 amide bonds. The van der Waals surface area contributed by atoms with Gasteiger partial charge >= 0.3 is 6.55 Å². The molecule has 7 nitrogen and oxygen atoms in total. The van der Waals surface area contributed by atoms with Gasteiger partial charge in [0.15, 0.2) is 10.8 Å². The van der Waals surface area contributed by atoms with E-state index in [0.29, 0.717) is 37.9 Å². The molecule has 0 fully saturated rings. The van der Waals surface area contributed by atoms with Crippen LogP contribution in [0.4, 0.5) is 13.2 Å². The average Bonchev–Trinajstić information content (AvgIpc) is 3.49. The maximum absolute atomic E-state index is 13.8. The number of halogens is 4. The fraction of sp³-hybridized carbons (Fsp3) is 0.286. The van der Waals surface area contributed by atoms with Crippen molar-refractivity contribution in [1.82, 2.24) is 20.1 Å². The number of aliphatic hydroxyl groups excluding tert-OH is 2. The quantitative estimate of drug-likeness (QED) is 0.437. The first-order chi connectivity index (χ1) is 15.9. The Labute approximate surface area is 195 Å². The molecule has 0 saturated heterocycles. The molecule has 3 aromatic rings. The molecule has 3 heterocycles. The molecule has 1 aromatic carbocycles. The highest BCUT2D eigenvalue weighted by atomic mass is 35.5. The summed E-state index contributed by atoms with van der Waals surface area (Å²) in [4.78, 5) is 9.02. The number of aliphatic hydroxyl groups is 2. The number of thiazole rings is 1. The number of nitrogens with zero attached hydrogens (tertiary/aromatic N) is 4. The summed E-state index contributed by atoms with van der Waals surface area (Å²) in [5.74, 6) is -0.642. The van der Waals surface area contributed by atoms with Crippen molar-refractivity contribution in [3.05, 3.63) is 74.8 Å². The molecule has 174 valence electrons. The molecule has 4 rings (SSSR count). The van der Waals surface area contributed by atoms with Gasteiger partial charge in [0.05, 0.1) is 6.20 Å². The number of hydrogen-bond donors (Lipinski definition) is 3. The van der Waals surface area contributed by atoms with E-state index in [1.54, 1.807) is 11.6 Å². The first-order valence-corrected chi connectivity index (χ1v) is 11.1. The smallest absolute Gasteiger partial charge is 0.333 e. The minimum absolute atomic E-state index is 0.114. The second-order valence-corrected chi connectivity index (χ2v) is 8.62. The number of hydrogen-bond acceptors (Lipinski definition) is 7. The van der Waals surface area contributed by atoms with Gasteiger partial charge in [-0.15, -0.1) is 11.3 Å². The van der Waals surface area contributed by atoms with Gasteiger partial charge in [0.25, 0.3) is 0 Å². The number of aliphatic imine (C=N–C) groups is 1. The van der Waals surface area contributed by atoms with Crippen molar-refractivity contribution in [2.45, 2.75) is 19.0 Å². The Bertz CT molecular complexity index is 1180. The summed E-state index contributed by atoms with van der Waals surface area (Å²) in [5, 5.41) is 28.7. The van der Waals surface area contributed by atoms with E-state index >= 15 is 0 Å². The average molecular weight is 498 g/mol. The normalized spacial score (nSPS) is 16.5. The number of alkyl halides is 2. The summed E-state index contributed by atoms with van der Waals surface area (Å²) < 4.78 is 40.8. The number of aromatic nitrogens is 3. The number of rotatable bonds is 8. The molecule has 12 heteroatoms. The third kappa shape index (κ3) is 4.96. The highest BCUT2D eigenvalue weighted by Gasteiger charge is 2.32. The second kappa shape index (κ2) is 10.0. The van der Waals surface area contributed by atoms with Crippen molar-refractivity contribution in [2.24, 2.45) is 10.9 Å². The van der Waals surface area contributed by atoms with Gasteiger partial charge in [-0.2, -0.15) is 13.9 Å². The van der Waals surface area contributed by atoms with Crippen molar-refractivity contribution < 1.29 is 23.4 Å². The van der Waals surface area contributed by atoms with E-state index in [0.717, 1.165) is 6.07 Å². The van der Waals surface area contributed by atoms with Crippen LogP contribution in [0, 0.1) is 11.7 Å². The molecule has 0 bridgehead atoms. The van der Waals surface area contributed by atoms with Crippen LogP contribution in [0.3, 0.4) is 0 Å². The van der Waals surface area contributed by atoms with E-state index in [1.165, 1.54) is 35.9 Å². The van der Waals surface area contributed by atoms with Crippen LogP contribution in [0.2, 0.25) is 5.02 Å². The fourth-order valence-electron chi connectivity index (χ4n) is 3.55. The maximum atomic E-state index is 13.8.